The first kappa shape index (κ1) is 15.5. The van der Waals surface area contributed by atoms with Crippen molar-refractivity contribution in [3.63, 3.8) is 0 Å². The molecule has 120 valence electrons. The van der Waals surface area contributed by atoms with E-state index in [0.717, 1.165) is 5.56 Å². The van der Waals surface area contributed by atoms with Gasteiger partial charge in [-0.1, -0.05) is 11.6 Å². The Kier molecular flexibility index (Phi) is 4.29. The SMILES string of the molecule is NC(=O)C1CCN(c2nc(-c3ccncc3)[nH]c(=O)c2Cl)CC1. The summed E-state index contributed by atoms with van der Waals surface area (Å²) in [6.07, 6.45) is 4.51. The predicted octanol–water partition coefficient (Wildman–Crippen LogP) is 1.19. The van der Waals surface area contributed by atoms with Crippen molar-refractivity contribution in [3.05, 3.63) is 39.9 Å². The minimum absolute atomic E-state index is 0.0559. The number of nitrogens with one attached hydrogen (secondary N) is 1. The fourth-order valence-electron chi connectivity index (χ4n) is 2.68. The van der Waals surface area contributed by atoms with Gasteiger partial charge < -0.3 is 15.6 Å². The molecule has 0 bridgehead atoms. The molecule has 1 aliphatic heterocycles. The number of aromatic nitrogens is 3. The number of halogens is 1. The Labute approximate surface area is 137 Å². The molecule has 0 spiro atoms. The lowest BCUT2D eigenvalue weighted by atomic mass is 9.96. The van der Waals surface area contributed by atoms with Gasteiger partial charge in [0.05, 0.1) is 0 Å². The average molecular weight is 334 g/mol. The van der Waals surface area contributed by atoms with E-state index in [-0.39, 0.29) is 22.4 Å². The van der Waals surface area contributed by atoms with Crippen molar-refractivity contribution in [2.45, 2.75) is 12.8 Å². The van der Waals surface area contributed by atoms with Gasteiger partial charge >= 0.3 is 0 Å². The van der Waals surface area contributed by atoms with Gasteiger partial charge in [-0.3, -0.25) is 14.6 Å². The van der Waals surface area contributed by atoms with Crippen LogP contribution in [0.5, 0.6) is 0 Å². The van der Waals surface area contributed by atoms with Gasteiger partial charge in [-0.15, -0.1) is 0 Å². The maximum atomic E-state index is 12.1. The molecular weight excluding hydrogens is 318 g/mol. The number of H-pyrrole nitrogens is 1. The van der Waals surface area contributed by atoms with Crippen molar-refractivity contribution < 1.29 is 4.79 Å². The zero-order chi connectivity index (χ0) is 16.4. The number of nitrogens with two attached hydrogens (primary N) is 1. The van der Waals surface area contributed by atoms with Gasteiger partial charge in [0.1, 0.15) is 10.8 Å². The van der Waals surface area contributed by atoms with Crippen LogP contribution in [0.3, 0.4) is 0 Å². The summed E-state index contributed by atoms with van der Waals surface area (Å²) in [4.78, 5) is 36.4. The summed E-state index contributed by atoms with van der Waals surface area (Å²) in [7, 11) is 0. The quantitative estimate of drug-likeness (QED) is 0.877. The Hall–Kier alpha value is -2.41. The monoisotopic (exact) mass is 333 g/mol. The predicted molar refractivity (Wildman–Crippen MR) is 87.2 cm³/mol. The van der Waals surface area contributed by atoms with Crippen LogP contribution < -0.4 is 16.2 Å². The molecule has 2 aromatic rings. The van der Waals surface area contributed by atoms with Crippen LogP contribution in [-0.2, 0) is 4.79 Å². The Morgan fingerprint density at radius 3 is 2.57 bits per heavy atom. The van der Waals surface area contributed by atoms with Crippen molar-refractivity contribution in [1.82, 2.24) is 15.0 Å². The molecule has 23 heavy (non-hydrogen) atoms. The molecule has 0 saturated carbocycles. The second-order valence-electron chi connectivity index (χ2n) is 5.45. The third-order valence-electron chi connectivity index (χ3n) is 4.00. The van der Waals surface area contributed by atoms with E-state index in [2.05, 4.69) is 15.0 Å². The van der Waals surface area contributed by atoms with Crippen LogP contribution in [0.25, 0.3) is 11.4 Å². The summed E-state index contributed by atoms with van der Waals surface area (Å²) in [5.41, 5.74) is 5.71. The number of carbonyl (C=O) groups is 1. The molecule has 0 radical (unpaired) electrons. The molecular formula is C15H16ClN5O2. The van der Waals surface area contributed by atoms with Crippen LogP contribution in [0.2, 0.25) is 5.02 Å². The fourth-order valence-corrected chi connectivity index (χ4v) is 2.89. The average Bonchev–Trinajstić information content (AvgIpc) is 2.58. The Morgan fingerprint density at radius 1 is 1.30 bits per heavy atom. The van der Waals surface area contributed by atoms with E-state index in [1.165, 1.54) is 0 Å². The van der Waals surface area contributed by atoms with Crippen LogP contribution in [-0.4, -0.2) is 33.9 Å². The summed E-state index contributed by atoms with van der Waals surface area (Å²) in [6.45, 7) is 1.17. The molecule has 0 unspecified atom stereocenters. The lowest BCUT2D eigenvalue weighted by Crippen LogP contribution is -2.39. The lowest BCUT2D eigenvalue weighted by Gasteiger charge is -2.31. The van der Waals surface area contributed by atoms with Crippen molar-refractivity contribution in [2.75, 3.05) is 18.0 Å². The van der Waals surface area contributed by atoms with Crippen LogP contribution in [0.15, 0.2) is 29.3 Å². The minimum Gasteiger partial charge on any atom is -0.369 e. The number of nitrogens with zero attached hydrogens (tertiary/aromatic N) is 3. The standard InChI is InChI=1S/C15H16ClN5O2/c16-11-14(21-7-3-9(4-8-21)12(17)22)19-13(20-15(11)23)10-1-5-18-6-2-10/h1-2,5-6,9H,3-4,7-8H2,(H2,17,22)(H,19,20,23). The molecule has 1 amide bonds. The highest BCUT2D eigenvalue weighted by molar-refractivity contribution is 6.32. The fraction of sp³-hybridized carbons (Fsp3) is 0.333. The van der Waals surface area contributed by atoms with Gasteiger partial charge in [0.25, 0.3) is 5.56 Å². The molecule has 3 heterocycles. The zero-order valence-corrected chi connectivity index (χ0v) is 13.1. The number of hydrogen-bond acceptors (Lipinski definition) is 5. The second kappa shape index (κ2) is 6.37. The lowest BCUT2D eigenvalue weighted by molar-refractivity contribution is -0.122. The minimum atomic E-state index is -0.388. The number of rotatable bonds is 3. The topological polar surface area (TPSA) is 105 Å². The molecule has 0 aromatic carbocycles. The van der Waals surface area contributed by atoms with E-state index < -0.39 is 0 Å². The first-order valence-electron chi connectivity index (χ1n) is 7.30. The smallest absolute Gasteiger partial charge is 0.272 e. The molecule has 0 aliphatic carbocycles. The van der Waals surface area contributed by atoms with Crippen molar-refractivity contribution in [1.29, 1.82) is 0 Å². The van der Waals surface area contributed by atoms with Crippen LogP contribution in [0.1, 0.15) is 12.8 Å². The van der Waals surface area contributed by atoms with E-state index in [4.69, 9.17) is 17.3 Å². The first-order chi connectivity index (χ1) is 11.1. The van der Waals surface area contributed by atoms with Gasteiger partial charge in [-0.05, 0) is 25.0 Å². The number of anilines is 1. The Balaban J connectivity index is 1.92. The van der Waals surface area contributed by atoms with Gasteiger partial charge in [0, 0.05) is 37.0 Å². The van der Waals surface area contributed by atoms with Crippen molar-refractivity contribution >= 4 is 23.3 Å². The summed E-state index contributed by atoms with van der Waals surface area (Å²) >= 11 is 6.13. The summed E-state index contributed by atoms with van der Waals surface area (Å²) < 4.78 is 0. The third-order valence-corrected chi connectivity index (χ3v) is 4.34. The number of amides is 1. The van der Waals surface area contributed by atoms with Crippen molar-refractivity contribution in [3.8, 4) is 11.4 Å². The zero-order valence-electron chi connectivity index (χ0n) is 12.3. The molecule has 3 rings (SSSR count). The van der Waals surface area contributed by atoms with Crippen LogP contribution in [0.4, 0.5) is 5.82 Å². The molecule has 1 aliphatic rings. The van der Waals surface area contributed by atoms with E-state index in [1.54, 1.807) is 24.5 Å². The molecule has 1 fully saturated rings. The number of hydrogen-bond donors (Lipinski definition) is 2. The molecule has 8 heteroatoms. The van der Waals surface area contributed by atoms with Gasteiger partial charge in [0.15, 0.2) is 5.82 Å². The molecule has 7 nitrogen and oxygen atoms in total. The first-order valence-corrected chi connectivity index (χ1v) is 7.68. The van der Waals surface area contributed by atoms with Crippen LogP contribution in [0, 0.1) is 5.92 Å². The number of pyridine rings is 1. The highest BCUT2D eigenvalue weighted by atomic mass is 35.5. The summed E-state index contributed by atoms with van der Waals surface area (Å²) in [5, 5.41) is 0.0559. The van der Waals surface area contributed by atoms with E-state index in [1.807, 2.05) is 4.90 Å². The van der Waals surface area contributed by atoms with Crippen LogP contribution >= 0.6 is 11.6 Å². The van der Waals surface area contributed by atoms with Crippen molar-refractivity contribution in [2.24, 2.45) is 11.7 Å². The van der Waals surface area contributed by atoms with Gasteiger partial charge in [0.2, 0.25) is 5.91 Å². The number of piperidine rings is 1. The molecule has 2 aromatic heterocycles. The number of aromatic amines is 1. The van der Waals surface area contributed by atoms with E-state index in [9.17, 15) is 9.59 Å². The third kappa shape index (κ3) is 3.19. The Morgan fingerprint density at radius 2 is 1.96 bits per heavy atom. The van der Waals surface area contributed by atoms with Gasteiger partial charge in [-0.25, -0.2) is 4.98 Å². The molecule has 0 atom stereocenters. The maximum absolute atomic E-state index is 12.1. The second-order valence-corrected chi connectivity index (χ2v) is 5.83. The summed E-state index contributed by atoms with van der Waals surface area (Å²) in [6, 6.07) is 3.52. The van der Waals surface area contributed by atoms with E-state index in [0.29, 0.717) is 37.6 Å². The largest absolute Gasteiger partial charge is 0.369 e. The highest BCUT2D eigenvalue weighted by Crippen LogP contribution is 2.27. The maximum Gasteiger partial charge on any atom is 0.272 e. The van der Waals surface area contributed by atoms with Gasteiger partial charge in [-0.2, -0.15) is 0 Å². The molecule has 3 N–H and O–H groups in total. The Bertz CT molecular complexity index is 769. The summed E-state index contributed by atoms with van der Waals surface area (Å²) in [5.74, 6) is 0.456. The van der Waals surface area contributed by atoms with E-state index >= 15 is 0 Å². The number of primary amides is 1. The number of carbonyl (C=O) groups excluding carboxylic acids is 1. The highest BCUT2D eigenvalue weighted by Gasteiger charge is 2.26. The normalized spacial score (nSPS) is 15.6. The molecule has 1 saturated heterocycles.